The van der Waals surface area contributed by atoms with Crippen molar-refractivity contribution in [2.75, 3.05) is 0 Å². The Morgan fingerprint density at radius 1 is 0.722 bits per heavy atom. The van der Waals surface area contributed by atoms with E-state index in [9.17, 15) is 0 Å². The maximum Gasteiger partial charge on any atom is 0.0719 e. The van der Waals surface area contributed by atoms with E-state index in [4.69, 9.17) is 9.98 Å². The lowest BCUT2D eigenvalue weighted by Crippen LogP contribution is -2.28. The molecule has 0 aliphatic heterocycles. The number of aliphatic imine (C=N–C) groups is 2. The van der Waals surface area contributed by atoms with E-state index in [0.29, 0.717) is 12.1 Å². The van der Waals surface area contributed by atoms with Gasteiger partial charge in [0.1, 0.15) is 0 Å². The SMILES string of the molecule is CC(C)(C)C=N[C@H]1CCCC[C@@H]1N=CC(C)(C)C. The summed E-state index contributed by atoms with van der Waals surface area (Å²) in [5.74, 6) is 0. The molecule has 0 amide bonds. The van der Waals surface area contributed by atoms with Crippen molar-refractivity contribution in [3.8, 4) is 0 Å². The van der Waals surface area contributed by atoms with Crippen molar-refractivity contribution in [3.05, 3.63) is 0 Å². The summed E-state index contributed by atoms with van der Waals surface area (Å²) in [7, 11) is 0. The molecule has 0 aromatic rings. The van der Waals surface area contributed by atoms with Crippen molar-refractivity contribution >= 4 is 12.4 Å². The first kappa shape index (κ1) is 15.4. The van der Waals surface area contributed by atoms with Gasteiger partial charge in [0.15, 0.2) is 0 Å². The summed E-state index contributed by atoms with van der Waals surface area (Å²) in [5, 5.41) is 0. The predicted molar refractivity (Wildman–Crippen MR) is 81.9 cm³/mol. The van der Waals surface area contributed by atoms with Gasteiger partial charge in [-0.15, -0.1) is 0 Å². The van der Waals surface area contributed by atoms with E-state index in [-0.39, 0.29) is 10.8 Å². The average molecular weight is 250 g/mol. The fraction of sp³-hybridized carbons (Fsp3) is 0.875. The van der Waals surface area contributed by atoms with Crippen molar-refractivity contribution in [2.45, 2.75) is 79.3 Å². The van der Waals surface area contributed by atoms with E-state index in [2.05, 4.69) is 54.0 Å². The Morgan fingerprint density at radius 3 is 1.33 bits per heavy atom. The van der Waals surface area contributed by atoms with Crippen LogP contribution in [0.5, 0.6) is 0 Å². The molecule has 1 aliphatic rings. The van der Waals surface area contributed by atoms with Gasteiger partial charge in [-0.25, -0.2) is 0 Å². The molecule has 1 rings (SSSR count). The van der Waals surface area contributed by atoms with Crippen LogP contribution in [0.25, 0.3) is 0 Å². The van der Waals surface area contributed by atoms with Crippen molar-refractivity contribution in [2.24, 2.45) is 20.8 Å². The lowest BCUT2D eigenvalue weighted by atomic mass is 9.90. The normalized spacial score (nSPS) is 27.2. The Hall–Kier alpha value is -0.660. The molecule has 0 unspecified atom stereocenters. The molecule has 104 valence electrons. The second-order valence-corrected chi connectivity index (χ2v) is 7.71. The van der Waals surface area contributed by atoms with E-state index < -0.39 is 0 Å². The molecule has 0 heterocycles. The molecule has 2 atom stereocenters. The maximum atomic E-state index is 4.80. The smallest absolute Gasteiger partial charge is 0.0719 e. The van der Waals surface area contributed by atoms with Gasteiger partial charge in [0.25, 0.3) is 0 Å². The molecule has 0 aromatic carbocycles. The Labute approximate surface area is 113 Å². The van der Waals surface area contributed by atoms with E-state index >= 15 is 0 Å². The highest BCUT2D eigenvalue weighted by Crippen LogP contribution is 2.25. The Bertz CT molecular complexity index is 270. The topological polar surface area (TPSA) is 24.7 Å². The van der Waals surface area contributed by atoms with Gasteiger partial charge < -0.3 is 0 Å². The van der Waals surface area contributed by atoms with Crippen LogP contribution in [0.15, 0.2) is 9.98 Å². The minimum atomic E-state index is 0.176. The molecule has 18 heavy (non-hydrogen) atoms. The van der Waals surface area contributed by atoms with E-state index in [1.807, 2.05) is 0 Å². The average Bonchev–Trinajstić information content (AvgIpc) is 2.22. The standard InChI is InChI=1S/C16H30N2/c1-15(2,3)11-17-13-9-7-8-10-14(13)18-12-16(4,5)6/h11-14H,7-10H2,1-6H3/t13-,14-/m0/s1. The monoisotopic (exact) mass is 250 g/mol. The lowest BCUT2D eigenvalue weighted by molar-refractivity contribution is 0.385. The summed E-state index contributed by atoms with van der Waals surface area (Å²) >= 11 is 0. The molecule has 0 saturated heterocycles. The molecule has 2 nitrogen and oxygen atoms in total. The predicted octanol–water partition coefficient (Wildman–Crippen LogP) is 4.53. The Balaban J connectivity index is 2.69. The number of hydrogen-bond acceptors (Lipinski definition) is 2. The van der Waals surface area contributed by atoms with E-state index in [0.717, 1.165) is 0 Å². The van der Waals surface area contributed by atoms with Crippen molar-refractivity contribution < 1.29 is 0 Å². The van der Waals surface area contributed by atoms with Gasteiger partial charge >= 0.3 is 0 Å². The molecular weight excluding hydrogens is 220 g/mol. The molecule has 0 aromatic heterocycles. The summed E-state index contributed by atoms with van der Waals surface area (Å²) in [6.07, 6.45) is 9.21. The molecule has 0 N–H and O–H groups in total. The first-order valence-corrected chi connectivity index (χ1v) is 7.26. The van der Waals surface area contributed by atoms with Crippen LogP contribution in [0.2, 0.25) is 0 Å². The highest BCUT2D eigenvalue weighted by atomic mass is 14.9. The third-order valence-corrected chi connectivity index (χ3v) is 3.00. The molecule has 0 spiro atoms. The zero-order valence-corrected chi connectivity index (χ0v) is 13.0. The van der Waals surface area contributed by atoms with Gasteiger partial charge in [-0.2, -0.15) is 0 Å². The largest absolute Gasteiger partial charge is 0.291 e. The van der Waals surface area contributed by atoms with Crippen LogP contribution in [0, 0.1) is 10.8 Å². The van der Waals surface area contributed by atoms with Gasteiger partial charge in [0.2, 0.25) is 0 Å². The van der Waals surface area contributed by atoms with Gasteiger partial charge in [-0.1, -0.05) is 54.4 Å². The highest BCUT2D eigenvalue weighted by Gasteiger charge is 2.24. The van der Waals surface area contributed by atoms with Gasteiger partial charge in [-0.3, -0.25) is 9.98 Å². The number of rotatable bonds is 2. The number of nitrogens with zero attached hydrogens (tertiary/aromatic N) is 2. The molecule has 1 aliphatic carbocycles. The third kappa shape index (κ3) is 6.32. The van der Waals surface area contributed by atoms with Gasteiger partial charge in [0.05, 0.1) is 12.1 Å². The number of hydrogen-bond donors (Lipinski definition) is 0. The summed E-state index contributed by atoms with van der Waals surface area (Å²) in [6, 6.07) is 0.799. The van der Waals surface area contributed by atoms with Crippen molar-refractivity contribution in [1.29, 1.82) is 0 Å². The van der Waals surface area contributed by atoms with Gasteiger partial charge in [-0.05, 0) is 23.7 Å². The Kier molecular flexibility index (Phi) is 5.12. The molecule has 1 saturated carbocycles. The van der Waals surface area contributed by atoms with Crippen LogP contribution in [0.1, 0.15) is 67.2 Å². The van der Waals surface area contributed by atoms with Gasteiger partial charge in [0, 0.05) is 12.4 Å². The summed E-state index contributed by atoms with van der Waals surface area (Å²) in [4.78, 5) is 9.60. The highest BCUT2D eigenvalue weighted by molar-refractivity contribution is 5.65. The summed E-state index contributed by atoms with van der Waals surface area (Å²) in [6.45, 7) is 13.2. The maximum absolute atomic E-state index is 4.80. The second kappa shape index (κ2) is 5.99. The summed E-state index contributed by atoms with van der Waals surface area (Å²) in [5.41, 5.74) is 0.353. The third-order valence-electron chi connectivity index (χ3n) is 3.00. The van der Waals surface area contributed by atoms with Crippen molar-refractivity contribution in [1.82, 2.24) is 0 Å². The van der Waals surface area contributed by atoms with Crippen LogP contribution >= 0.6 is 0 Å². The van der Waals surface area contributed by atoms with Crippen LogP contribution in [-0.4, -0.2) is 24.5 Å². The van der Waals surface area contributed by atoms with Crippen LogP contribution in [-0.2, 0) is 0 Å². The fourth-order valence-corrected chi connectivity index (χ4v) is 2.08. The fourth-order valence-electron chi connectivity index (χ4n) is 2.08. The molecule has 1 fully saturated rings. The molecule has 2 heteroatoms. The first-order valence-electron chi connectivity index (χ1n) is 7.26. The Morgan fingerprint density at radius 2 is 1.06 bits per heavy atom. The molecule has 0 bridgehead atoms. The zero-order valence-electron chi connectivity index (χ0n) is 13.0. The zero-order chi connectivity index (χ0) is 13.8. The molecule has 0 radical (unpaired) electrons. The van der Waals surface area contributed by atoms with E-state index in [1.54, 1.807) is 0 Å². The summed E-state index contributed by atoms with van der Waals surface area (Å²) < 4.78 is 0. The van der Waals surface area contributed by atoms with E-state index in [1.165, 1.54) is 25.7 Å². The second-order valence-electron chi connectivity index (χ2n) is 7.71. The van der Waals surface area contributed by atoms with Crippen LogP contribution in [0.3, 0.4) is 0 Å². The quantitative estimate of drug-likeness (QED) is 0.643. The van der Waals surface area contributed by atoms with Crippen molar-refractivity contribution in [3.63, 3.8) is 0 Å². The van der Waals surface area contributed by atoms with Crippen LogP contribution in [0.4, 0.5) is 0 Å². The first-order chi connectivity index (χ1) is 8.17. The van der Waals surface area contributed by atoms with Crippen LogP contribution < -0.4 is 0 Å². The minimum absolute atomic E-state index is 0.176. The lowest BCUT2D eigenvalue weighted by Gasteiger charge is -2.27. The minimum Gasteiger partial charge on any atom is -0.291 e. The molecular formula is C16H30N2.